The molecule has 2 nitrogen and oxygen atoms in total. The van der Waals surface area contributed by atoms with E-state index in [1.807, 2.05) is 7.05 Å². The second kappa shape index (κ2) is 6.58. The molecule has 0 amide bonds. The summed E-state index contributed by atoms with van der Waals surface area (Å²) in [7, 11) is 1.98. The largest absolute Gasteiger partial charge is 0.371 e. The SMILES string of the molecule is CCC1CCN(c2ccc(CNC)cc2Br)CC1. The average Bonchev–Trinajstić information content (AvgIpc) is 2.40. The molecular formula is C15H23BrN2. The Morgan fingerprint density at radius 3 is 2.61 bits per heavy atom. The first-order chi connectivity index (χ1) is 8.74. The third-order valence-corrected chi connectivity index (χ3v) is 4.56. The lowest BCUT2D eigenvalue weighted by Crippen LogP contribution is -2.33. The predicted molar refractivity (Wildman–Crippen MR) is 82.1 cm³/mol. The summed E-state index contributed by atoms with van der Waals surface area (Å²) in [4.78, 5) is 2.51. The number of hydrogen-bond donors (Lipinski definition) is 1. The van der Waals surface area contributed by atoms with E-state index in [-0.39, 0.29) is 0 Å². The van der Waals surface area contributed by atoms with Gasteiger partial charge in [0.05, 0.1) is 5.69 Å². The average molecular weight is 311 g/mol. The fourth-order valence-corrected chi connectivity index (χ4v) is 3.38. The Hall–Kier alpha value is -0.540. The molecule has 0 saturated carbocycles. The minimum Gasteiger partial charge on any atom is -0.371 e. The van der Waals surface area contributed by atoms with E-state index in [4.69, 9.17) is 0 Å². The van der Waals surface area contributed by atoms with E-state index < -0.39 is 0 Å². The Morgan fingerprint density at radius 1 is 1.33 bits per heavy atom. The van der Waals surface area contributed by atoms with Gasteiger partial charge in [-0.3, -0.25) is 0 Å². The first kappa shape index (κ1) is 13.9. The molecule has 1 N–H and O–H groups in total. The lowest BCUT2D eigenvalue weighted by Gasteiger charge is -2.34. The number of hydrogen-bond acceptors (Lipinski definition) is 2. The smallest absolute Gasteiger partial charge is 0.0510 e. The molecule has 0 aliphatic carbocycles. The third kappa shape index (κ3) is 3.27. The highest BCUT2D eigenvalue weighted by molar-refractivity contribution is 9.10. The van der Waals surface area contributed by atoms with E-state index in [1.165, 1.54) is 48.1 Å². The summed E-state index contributed by atoms with van der Waals surface area (Å²) in [5.41, 5.74) is 2.68. The number of anilines is 1. The van der Waals surface area contributed by atoms with Crippen LogP contribution in [0.2, 0.25) is 0 Å². The number of piperidine rings is 1. The molecule has 100 valence electrons. The van der Waals surface area contributed by atoms with Crippen molar-refractivity contribution < 1.29 is 0 Å². The summed E-state index contributed by atoms with van der Waals surface area (Å²) >= 11 is 3.72. The van der Waals surface area contributed by atoms with Crippen molar-refractivity contribution in [1.29, 1.82) is 0 Å². The molecule has 18 heavy (non-hydrogen) atoms. The molecule has 1 aromatic carbocycles. The second-order valence-electron chi connectivity index (χ2n) is 5.15. The summed E-state index contributed by atoms with van der Waals surface area (Å²) in [6.45, 7) is 5.63. The highest BCUT2D eigenvalue weighted by Crippen LogP contribution is 2.31. The van der Waals surface area contributed by atoms with Gasteiger partial charge in [-0.05, 0) is 59.4 Å². The minimum atomic E-state index is 0.927. The molecule has 1 aliphatic rings. The van der Waals surface area contributed by atoms with Crippen LogP contribution in [0.25, 0.3) is 0 Å². The molecule has 0 spiro atoms. The Bertz CT molecular complexity index is 384. The standard InChI is InChI=1S/C15H23BrN2/c1-3-12-6-8-18(9-7-12)15-5-4-13(11-17-2)10-14(15)16/h4-5,10,12,17H,3,6-9,11H2,1-2H3. The molecule has 3 heteroatoms. The van der Waals surface area contributed by atoms with Crippen LogP contribution in [0.5, 0.6) is 0 Å². The van der Waals surface area contributed by atoms with Gasteiger partial charge in [-0.15, -0.1) is 0 Å². The quantitative estimate of drug-likeness (QED) is 0.910. The van der Waals surface area contributed by atoms with Crippen LogP contribution >= 0.6 is 15.9 Å². The Morgan fingerprint density at radius 2 is 2.06 bits per heavy atom. The molecular weight excluding hydrogens is 288 g/mol. The van der Waals surface area contributed by atoms with E-state index in [0.29, 0.717) is 0 Å². The first-order valence-corrected chi connectivity index (χ1v) is 7.72. The third-order valence-electron chi connectivity index (χ3n) is 3.93. The zero-order valence-electron chi connectivity index (χ0n) is 11.4. The van der Waals surface area contributed by atoms with Crippen molar-refractivity contribution in [2.45, 2.75) is 32.7 Å². The molecule has 1 aliphatic heterocycles. The van der Waals surface area contributed by atoms with Crippen molar-refractivity contribution in [3.8, 4) is 0 Å². The van der Waals surface area contributed by atoms with Crippen molar-refractivity contribution in [1.82, 2.24) is 5.32 Å². The fraction of sp³-hybridized carbons (Fsp3) is 0.600. The summed E-state index contributed by atoms with van der Waals surface area (Å²) in [5.74, 6) is 0.934. The van der Waals surface area contributed by atoms with Gasteiger partial charge in [0, 0.05) is 24.1 Å². The van der Waals surface area contributed by atoms with Gasteiger partial charge in [-0.1, -0.05) is 19.4 Å². The first-order valence-electron chi connectivity index (χ1n) is 6.92. The summed E-state index contributed by atoms with van der Waals surface area (Å²) < 4.78 is 1.23. The fourth-order valence-electron chi connectivity index (χ4n) is 2.70. The van der Waals surface area contributed by atoms with E-state index in [1.54, 1.807) is 0 Å². The maximum absolute atomic E-state index is 3.72. The van der Waals surface area contributed by atoms with Crippen LogP contribution in [-0.2, 0) is 6.54 Å². The zero-order chi connectivity index (χ0) is 13.0. The van der Waals surface area contributed by atoms with Gasteiger partial charge in [-0.2, -0.15) is 0 Å². The van der Waals surface area contributed by atoms with Gasteiger partial charge < -0.3 is 10.2 Å². The molecule has 0 atom stereocenters. The van der Waals surface area contributed by atoms with E-state index in [2.05, 4.69) is 51.3 Å². The van der Waals surface area contributed by atoms with Gasteiger partial charge in [0.1, 0.15) is 0 Å². The van der Waals surface area contributed by atoms with E-state index in [0.717, 1.165) is 12.5 Å². The molecule has 1 saturated heterocycles. The lowest BCUT2D eigenvalue weighted by atomic mass is 9.94. The predicted octanol–water partition coefficient (Wildman–Crippen LogP) is 3.79. The van der Waals surface area contributed by atoms with Crippen molar-refractivity contribution in [3.05, 3.63) is 28.2 Å². The van der Waals surface area contributed by atoms with Gasteiger partial charge in [0.25, 0.3) is 0 Å². The summed E-state index contributed by atoms with van der Waals surface area (Å²) in [6.07, 6.45) is 4.00. The number of nitrogens with one attached hydrogen (secondary N) is 1. The van der Waals surface area contributed by atoms with Gasteiger partial charge in [-0.25, -0.2) is 0 Å². The van der Waals surface area contributed by atoms with Crippen LogP contribution in [0.15, 0.2) is 22.7 Å². The minimum absolute atomic E-state index is 0.927. The molecule has 1 heterocycles. The van der Waals surface area contributed by atoms with Crippen molar-refractivity contribution >= 4 is 21.6 Å². The number of rotatable bonds is 4. The molecule has 1 aromatic rings. The molecule has 0 bridgehead atoms. The zero-order valence-corrected chi connectivity index (χ0v) is 13.0. The normalized spacial score (nSPS) is 17.2. The van der Waals surface area contributed by atoms with Crippen LogP contribution in [0.3, 0.4) is 0 Å². The Balaban J connectivity index is 2.05. The summed E-state index contributed by atoms with van der Waals surface area (Å²) in [5, 5.41) is 3.19. The van der Waals surface area contributed by atoms with Gasteiger partial charge in [0.2, 0.25) is 0 Å². The second-order valence-corrected chi connectivity index (χ2v) is 6.01. The van der Waals surface area contributed by atoms with Crippen LogP contribution in [-0.4, -0.2) is 20.1 Å². The maximum atomic E-state index is 3.72. The van der Waals surface area contributed by atoms with Crippen LogP contribution in [0.1, 0.15) is 31.7 Å². The van der Waals surface area contributed by atoms with E-state index >= 15 is 0 Å². The van der Waals surface area contributed by atoms with Crippen LogP contribution in [0.4, 0.5) is 5.69 Å². The molecule has 2 rings (SSSR count). The van der Waals surface area contributed by atoms with Crippen LogP contribution in [0, 0.1) is 5.92 Å². The summed E-state index contributed by atoms with van der Waals surface area (Å²) in [6, 6.07) is 6.71. The Labute approximate surface area is 119 Å². The van der Waals surface area contributed by atoms with Crippen molar-refractivity contribution in [2.75, 3.05) is 25.0 Å². The lowest BCUT2D eigenvalue weighted by molar-refractivity contribution is 0.395. The number of nitrogens with zero attached hydrogens (tertiary/aromatic N) is 1. The maximum Gasteiger partial charge on any atom is 0.0510 e. The monoisotopic (exact) mass is 310 g/mol. The molecule has 0 radical (unpaired) electrons. The molecule has 0 unspecified atom stereocenters. The van der Waals surface area contributed by atoms with Gasteiger partial charge in [0.15, 0.2) is 0 Å². The topological polar surface area (TPSA) is 15.3 Å². The molecule has 0 aromatic heterocycles. The van der Waals surface area contributed by atoms with Crippen molar-refractivity contribution in [3.63, 3.8) is 0 Å². The van der Waals surface area contributed by atoms with Crippen molar-refractivity contribution in [2.24, 2.45) is 5.92 Å². The van der Waals surface area contributed by atoms with Crippen LogP contribution < -0.4 is 10.2 Å². The van der Waals surface area contributed by atoms with E-state index in [9.17, 15) is 0 Å². The highest BCUT2D eigenvalue weighted by Gasteiger charge is 2.19. The number of benzene rings is 1. The Kier molecular flexibility index (Phi) is 5.07. The molecule has 1 fully saturated rings. The highest BCUT2D eigenvalue weighted by atomic mass is 79.9. The van der Waals surface area contributed by atoms with Gasteiger partial charge >= 0.3 is 0 Å². The number of halogens is 1.